The number of hydrogen-bond acceptors (Lipinski definition) is 4. The van der Waals surface area contributed by atoms with Crippen LogP contribution in [0.1, 0.15) is 29.3 Å². The van der Waals surface area contributed by atoms with Gasteiger partial charge in [0.25, 0.3) is 0 Å². The fourth-order valence-corrected chi connectivity index (χ4v) is 3.18. The third-order valence-corrected chi connectivity index (χ3v) is 4.41. The van der Waals surface area contributed by atoms with Gasteiger partial charge in [-0.05, 0) is 36.1 Å². The van der Waals surface area contributed by atoms with E-state index in [1.165, 1.54) is 18.0 Å². The predicted octanol–water partition coefficient (Wildman–Crippen LogP) is 4.66. The largest absolute Gasteiger partial charge is 0.433 e. The molecule has 0 saturated heterocycles. The molecule has 4 rings (SSSR count). The lowest BCUT2D eigenvalue weighted by molar-refractivity contribution is -0.141. The van der Waals surface area contributed by atoms with Gasteiger partial charge < -0.3 is 5.32 Å². The topological polar surface area (TPSA) is 50.7 Å². The van der Waals surface area contributed by atoms with E-state index in [4.69, 9.17) is 0 Å². The number of aromatic nitrogens is 3. The van der Waals surface area contributed by atoms with Gasteiger partial charge in [0.15, 0.2) is 11.5 Å². The molecule has 0 saturated carbocycles. The van der Waals surface area contributed by atoms with E-state index in [2.05, 4.69) is 20.3 Å². The maximum atomic E-state index is 13.3. The van der Waals surface area contributed by atoms with Gasteiger partial charge in [-0.1, -0.05) is 24.3 Å². The molecule has 4 nitrogen and oxygen atoms in total. The third kappa shape index (κ3) is 3.24. The molecule has 2 aromatic heterocycles. The van der Waals surface area contributed by atoms with Crippen LogP contribution >= 0.6 is 0 Å². The normalized spacial score (nSPS) is 16.3. The number of hydrogen-bond donors (Lipinski definition) is 1. The maximum Gasteiger partial charge on any atom is 0.433 e. The van der Waals surface area contributed by atoms with Crippen LogP contribution in [0.4, 0.5) is 19.0 Å². The lowest BCUT2D eigenvalue weighted by Crippen LogP contribution is -2.14. The second-order valence-electron chi connectivity index (χ2n) is 6.13. The summed E-state index contributed by atoms with van der Waals surface area (Å²) in [4.78, 5) is 11.9. The second-order valence-corrected chi connectivity index (χ2v) is 6.13. The summed E-state index contributed by atoms with van der Waals surface area (Å²) in [5.41, 5.74) is 1.84. The Morgan fingerprint density at radius 1 is 1.00 bits per heavy atom. The molecule has 0 amide bonds. The van der Waals surface area contributed by atoms with Gasteiger partial charge in [-0.2, -0.15) is 13.2 Å². The molecule has 1 aliphatic rings. The molecule has 0 spiro atoms. The molecule has 0 aliphatic heterocycles. The highest BCUT2D eigenvalue weighted by Crippen LogP contribution is 2.35. The number of alkyl halides is 3. The number of fused-ring (bicyclic) bond motifs is 1. The summed E-state index contributed by atoms with van der Waals surface area (Å²) in [5.74, 6) is 0.192. The SMILES string of the molecule is FC(F)(F)c1cc(NC2CCc3ccccc32)nc(-c2ccncc2)n1. The molecule has 7 heteroatoms. The van der Waals surface area contributed by atoms with E-state index in [-0.39, 0.29) is 17.7 Å². The summed E-state index contributed by atoms with van der Waals surface area (Å²) < 4.78 is 39.9. The van der Waals surface area contributed by atoms with E-state index in [0.29, 0.717) is 5.56 Å². The predicted molar refractivity (Wildman–Crippen MR) is 91.4 cm³/mol. The number of aryl methyl sites for hydroxylation is 1. The molecular formula is C19H15F3N4. The summed E-state index contributed by atoms with van der Waals surface area (Å²) in [6.45, 7) is 0. The van der Waals surface area contributed by atoms with Crippen molar-refractivity contribution < 1.29 is 13.2 Å². The highest BCUT2D eigenvalue weighted by molar-refractivity contribution is 5.57. The summed E-state index contributed by atoms with van der Waals surface area (Å²) in [7, 11) is 0. The monoisotopic (exact) mass is 356 g/mol. The number of nitrogens with zero attached hydrogens (tertiary/aromatic N) is 3. The lowest BCUT2D eigenvalue weighted by Gasteiger charge is -2.17. The Morgan fingerprint density at radius 2 is 1.77 bits per heavy atom. The average Bonchev–Trinajstić information content (AvgIpc) is 3.05. The fraction of sp³-hybridized carbons (Fsp3) is 0.211. The van der Waals surface area contributed by atoms with Crippen LogP contribution in [0.25, 0.3) is 11.4 Å². The van der Waals surface area contributed by atoms with Gasteiger partial charge in [0, 0.05) is 24.0 Å². The van der Waals surface area contributed by atoms with E-state index < -0.39 is 11.9 Å². The van der Waals surface area contributed by atoms with Crippen molar-refractivity contribution in [1.82, 2.24) is 15.0 Å². The molecule has 1 aromatic carbocycles. The Morgan fingerprint density at radius 3 is 2.54 bits per heavy atom. The van der Waals surface area contributed by atoms with Gasteiger partial charge >= 0.3 is 6.18 Å². The van der Waals surface area contributed by atoms with E-state index in [1.807, 2.05) is 24.3 Å². The second kappa shape index (κ2) is 6.40. The van der Waals surface area contributed by atoms with E-state index in [9.17, 15) is 13.2 Å². The van der Waals surface area contributed by atoms with Crippen molar-refractivity contribution in [2.75, 3.05) is 5.32 Å². The van der Waals surface area contributed by atoms with Crippen LogP contribution < -0.4 is 5.32 Å². The zero-order valence-corrected chi connectivity index (χ0v) is 13.7. The van der Waals surface area contributed by atoms with E-state index in [0.717, 1.165) is 24.5 Å². The first-order chi connectivity index (χ1) is 12.5. The van der Waals surface area contributed by atoms with Crippen LogP contribution in [0.2, 0.25) is 0 Å². The van der Waals surface area contributed by atoms with Crippen molar-refractivity contribution in [2.24, 2.45) is 0 Å². The molecule has 3 aromatic rings. The number of nitrogens with one attached hydrogen (secondary N) is 1. The summed E-state index contributed by atoms with van der Waals surface area (Å²) in [5, 5.41) is 3.15. The molecule has 2 heterocycles. The van der Waals surface area contributed by atoms with Crippen molar-refractivity contribution in [3.05, 3.63) is 71.7 Å². The van der Waals surface area contributed by atoms with Crippen molar-refractivity contribution in [3.63, 3.8) is 0 Å². The first-order valence-electron chi connectivity index (χ1n) is 8.22. The Bertz CT molecular complexity index is 926. The molecule has 26 heavy (non-hydrogen) atoms. The number of rotatable bonds is 3. The minimum absolute atomic E-state index is 0.0241. The smallest absolute Gasteiger partial charge is 0.363 e. The first kappa shape index (κ1) is 16.5. The summed E-state index contributed by atoms with van der Waals surface area (Å²) in [6, 6.07) is 12.0. The average molecular weight is 356 g/mol. The van der Waals surface area contributed by atoms with Gasteiger partial charge in [0.1, 0.15) is 5.82 Å². The van der Waals surface area contributed by atoms with E-state index in [1.54, 1.807) is 12.1 Å². The van der Waals surface area contributed by atoms with Crippen molar-refractivity contribution in [2.45, 2.75) is 25.1 Å². The lowest BCUT2D eigenvalue weighted by atomic mass is 10.1. The minimum atomic E-state index is -4.55. The van der Waals surface area contributed by atoms with Crippen molar-refractivity contribution >= 4 is 5.82 Å². The molecular weight excluding hydrogens is 341 g/mol. The molecule has 1 aliphatic carbocycles. The van der Waals surface area contributed by atoms with E-state index >= 15 is 0 Å². The first-order valence-corrected chi connectivity index (χ1v) is 8.22. The highest BCUT2D eigenvalue weighted by Gasteiger charge is 2.34. The molecule has 0 radical (unpaired) electrons. The Balaban J connectivity index is 1.72. The Kier molecular flexibility index (Phi) is 4.06. The summed E-state index contributed by atoms with van der Waals surface area (Å²) in [6.07, 6.45) is 0.158. The van der Waals surface area contributed by atoms with Gasteiger partial charge in [-0.3, -0.25) is 4.98 Å². The maximum absolute atomic E-state index is 13.3. The molecule has 1 N–H and O–H groups in total. The number of anilines is 1. The van der Waals surface area contributed by atoms with Crippen LogP contribution in [-0.2, 0) is 12.6 Å². The molecule has 132 valence electrons. The zero-order valence-electron chi connectivity index (χ0n) is 13.7. The standard InChI is InChI=1S/C19H15F3N4/c20-19(21,22)16-11-17(26-18(25-16)13-7-9-23-10-8-13)24-15-6-5-12-3-1-2-4-14(12)15/h1-4,7-11,15H,5-6H2,(H,24,25,26). The van der Waals surface area contributed by atoms with Gasteiger partial charge in [0.05, 0.1) is 6.04 Å². The minimum Gasteiger partial charge on any atom is -0.363 e. The molecule has 0 bridgehead atoms. The molecule has 1 atom stereocenters. The number of benzene rings is 1. The van der Waals surface area contributed by atoms with Gasteiger partial charge in [0.2, 0.25) is 0 Å². The third-order valence-electron chi connectivity index (χ3n) is 4.41. The fourth-order valence-electron chi connectivity index (χ4n) is 3.18. The Hall–Kier alpha value is -2.96. The molecule has 0 fully saturated rings. The van der Waals surface area contributed by atoms with Crippen molar-refractivity contribution in [1.29, 1.82) is 0 Å². The quantitative estimate of drug-likeness (QED) is 0.742. The van der Waals surface area contributed by atoms with Crippen LogP contribution in [-0.4, -0.2) is 15.0 Å². The summed E-state index contributed by atoms with van der Waals surface area (Å²) >= 11 is 0. The van der Waals surface area contributed by atoms with Crippen LogP contribution in [0.3, 0.4) is 0 Å². The van der Waals surface area contributed by atoms with Crippen LogP contribution in [0.5, 0.6) is 0 Å². The zero-order chi connectivity index (χ0) is 18.1. The number of halogens is 3. The van der Waals surface area contributed by atoms with Gasteiger partial charge in [-0.25, -0.2) is 9.97 Å². The number of pyridine rings is 1. The molecule has 1 unspecified atom stereocenters. The van der Waals surface area contributed by atoms with Crippen LogP contribution in [0.15, 0.2) is 54.9 Å². The Labute approximate surface area is 148 Å². The highest BCUT2D eigenvalue weighted by atomic mass is 19.4. The van der Waals surface area contributed by atoms with Crippen molar-refractivity contribution in [3.8, 4) is 11.4 Å². The van der Waals surface area contributed by atoms with Crippen LogP contribution in [0, 0.1) is 0 Å². The van der Waals surface area contributed by atoms with Gasteiger partial charge in [-0.15, -0.1) is 0 Å².